The lowest BCUT2D eigenvalue weighted by Gasteiger charge is -1.99. The molecule has 3 nitrogen and oxygen atoms in total. The number of aryl methyl sites for hydroxylation is 2. The van der Waals surface area contributed by atoms with Crippen molar-refractivity contribution in [2.24, 2.45) is 5.73 Å². The van der Waals surface area contributed by atoms with Crippen molar-refractivity contribution in [3.63, 3.8) is 0 Å². The molecule has 0 aliphatic heterocycles. The van der Waals surface area contributed by atoms with E-state index in [1.807, 2.05) is 0 Å². The minimum absolute atomic E-state index is 0.211. The van der Waals surface area contributed by atoms with Gasteiger partial charge in [-0.2, -0.15) is 0 Å². The third-order valence-corrected chi connectivity index (χ3v) is 2.59. The summed E-state index contributed by atoms with van der Waals surface area (Å²) in [5.74, 6) is 1.13. The van der Waals surface area contributed by atoms with Crippen molar-refractivity contribution in [2.45, 2.75) is 19.8 Å². The molecule has 4 heteroatoms. The number of nitrogens with two attached hydrogens (primary N) is 1. The minimum atomic E-state index is -0.211. The molecule has 0 spiro atoms. The Hall–Kier alpha value is -1.68. The van der Waals surface area contributed by atoms with E-state index in [0.29, 0.717) is 23.8 Å². The maximum atomic E-state index is 13.1. The lowest BCUT2D eigenvalue weighted by atomic mass is 10.1. The van der Waals surface area contributed by atoms with E-state index in [1.165, 1.54) is 6.07 Å². The molecular formula is C13H15FN2O. The van der Waals surface area contributed by atoms with Crippen LogP contribution in [0, 0.1) is 12.7 Å². The van der Waals surface area contributed by atoms with Crippen molar-refractivity contribution in [1.29, 1.82) is 0 Å². The van der Waals surface area contributed by atoms with E-state index in [0.717, 1.165) is 18.4 Å². The monoisotopic (exact) mass is 234 g/mol. The second-order valence-electron chi connectivity index (χ2n) is 3.97. The third-order valence-electron chi connectivity index (χ3n) is 2.59. The Labute approximate surface area is 99.5 Å². The van der Waals surface area contributed by atoms with Crippen LogP contribution in [0.15, 0.2) is 28.8 Å². The molecule has 0 saturated heterocycles. The van der Waals surface area contributed by atoms with E-state index >= 15 is 0 Å². The summed E-state index contributed by atoms with van der Waals surface area (Å²) in [6, 6.07) is 4.88. The summed E-state index contributed by atoms with van der Waals surface area (Å²) in [4.78, 5) is 4.17. The molecule has 0 fully saturated rings. The molecule has 0 unspecified atom stereocenters. The average Bonchev–Trinajstić information content (AvgIpc) is 2.79. The fraction of sp³-hybridized carbons (Fsp3) is 0.308. The van der Waals surface area contributed by atoms with E-state index in [-0.39, 0.29) is 5.82 Å². The molecule has 0 bridgehead atoms. The maximum Gasteiger partial charge on any atom is 0.194 e. The van der Waals surface area contributed by atoms with Crippen molar-refractivity contribution in [1.82, 2.24) is 4.98 Å². The Morgan fingerprint density at radius 1 is 1.41 bits per heavy atom. The summed E-state index contributed by atoms with van der Waals surface area (Å²) in [6.45, 7) is 2.35. The van der Waals surface area contributed by atoms with Crippen LogP contribution in [0.4, 0.5) is 4.39 Å². The van der Waals surface area contributed by atoms with Crippen LogP contribution in [0.5, 0.6) is 0 Å². The highest BCUT2D eigenvalue weighted by Crippen LogP contribution is 2.22. The molecule has 0 aliphatic rings. The van der Waals surface area contributed by atoms with Gasteiger partial charge in [0.1, 0.15) is 5.82 Å². The summed E-state index contributed by atoms with van der Waals surface area (Å²) in [6.07, 6.45) is 3.25. The minimum Gasteiger partial charge on any atom is -0.441 e. The predicted octanol–water partition coefficient (Wildman–Crippen LogP) is 2.68. The molecule has 2 aromatic rings. The van der Waals surface area contributed by atoms with Crippen LogP contribution in [0.25, 0.3) is 11.3 Å². The molecule has 1 aromatic heterocycles. The van der Waals surface area contributed by atoms with Gasteiger partial charge >= 0.3 is 0 Å². The highest BCUT2D eigenvalue weighted by molar-refractivity contribution is 5.57. The largest absolute Gasteiger partial charge is 0.441 e. The second kappa shape index (κ2) is 5.10. The van der Waals surface area contributed by atoms with E-state index < -0.39 is 0 Å². The van der Waals surface area contributed by atoms with Gasteiger partial charge in [-0.15, -0.1) is 0 Å². The highest BCUT2D eigenvalue weighted by Gasteiger charge is 2.07. The molecule has 17 heavy (non-hydrogen) atoms. The number of hydrogen-bond acceptors (Lipinski definition) is 3. The van der Waals surface area contributed by atoms with Crippen molar-refractivity contribution in [2.75, 3.05) is 6.54 Å². The van der Waals surface area contributed by atoms with Crippen LogP contribution < -0.4 is 5.73 Å². The zero-order valence-electron chi connectivity index (χ0n) is 9.74. The predicted molar refractivity (Wildman–Crippen MR) is 64.0 cm³/mol. The molecule has 1 heterocycles. The van der Waals surface area contributed by atoms with E-state index in [4.69, 9.17) is 10.2 Å². The molecule has 0 saturated carbocycles. The van der Waals surface area contributed by atoms with Crippen molar-refractivity contribution in [3.05, 3.63) is 41.7 Å². The van der Waals surface area contributed by atoms with Gasteiger partial charge in [-0.3, -0.25) is 0 Å². The fourth-order valence-electron chi connectivity index (χ4n) is 1.61. The van der Waals surface area contributed by atoms with Crippen molar-refractivity contribution >= 4 is 0 Å². The average molecular weight is 234 g/mol. The zero-order chi connectivity index (χ0) is 12.3. The maximum absolute atomic E-state index is 13.1. The summed E-state index contributed by atoms with van der Waals surface area (Å²) in [5.41, 5.74) is 6.86. The fourth-order valence-corrected chi connectivity index (χ4v) is 1.61. The molecule has 0 aliphatic carbocycles. The number of oxazole rings is 1. The Morgan fingerprint density at radius 2 is 2.24 bits per heavy atom. The summed E-state index contributed by atoms with van der Waals surface area (Å²) >= 11 is 0. The van der Waals surface area contributed by atoms with Gasteiger partial charge in [-0.1, -0.05) is 0 Å². The highest BCUT2D eigenvalue weighted by atomic mass is 19.1. The van der Waals surface area contributed by atoms with Gasteiger partial charge in [0.2, 0.25) is 0 Å². The number of halogens is 1. The summed E-state index contributed by atoms with van der Waals surface area (Å²) in [7, 11) is 0. The number of benzene rings is 1. The van der Waals surface area contributed by atoms with E-state index in [2.05, 4.69) is 4.98 Å². The quantitative estimate of drug-likeness (QED) is 0.884. The standard InChI is InChI=1S/C13H15FN2O/c1-9-7-10(4-5-11(9)14)12-8-16-13(17-12)3-2-6-15/h4-5,7-8H,2-3,6,15H2,1H3. The molecule has 2 N–H and O–H groups in total. The van der Waals surface area contributed by atoms with Crippen LogP contribution in [0.3, 0.4) is 0 Å². The molecule has 0 amide bonds. The number of aromatic nitrogens is 1. The van der Waals surface area contributed by atoms with Crippen LogP contribution >= 0.6 is 0 Å². The first-order valence-electron chi connectivity index (χ1n) is 5.62. The smallest absolute Gasteiger partial charge is 0.194 e. The number of rotatable bonds is 4. The van der Waals surface area contributed by atoms with Gasteiger partial charge in [0.15, 0.2) is 11.7 Å². The van der Waals surface area contributed by atoms with Crippen LogP contribution in [0.2, 0.25) is 0 Å². The van der Waals surface area contributed by atoms with Gasteiger partial charge in [-0.05, 0) is 43.7 Å². The van der Waals surface area contributed by atoms with Gasteiger partial charge in [0.05, 0.1) is 6.20 Å². The van der Waals surface area contributed by atoms with Crippen molar-refractivity contribution in [3.8, 4) is 11.3 Å². The van der Waals surface area contributed by atoms with E-state index in [9.17, 15) is 4.39 Å². The Bertz CT molecular complexity index is 508. The zero-order valence-corrected chi connectivity index (χ0v) is 9.74. The lowest BCUT2D eigenvalue weighted by molar-refractivity contribution is 0.499. The van der Waals surface area contributed by atoms with Crippen molar-refractivity contribution < 1.29 is 8.81 Å². The van der Waals surface area contributed by atoms with E-state index in [1.54, 1.807) is 25.3 Å². The van der Waals surface area contributed by atoms with Crippen LogP contribution in [-0.4, -0.2) is 11.5 Å². The Balaban J connectivity index is 2.21. The molecule has 0 radical (unpaired) electrons. The molecule has 1 aromatic carbocycles. The first-order chi connectivity index (χ1) is 8.20. The number of nitrogens with zero attached hydrogens (tertiary/aromatic N) is 1. The van der Waals surface area contributed by atoms with Crippen LogP contribution in [-0.2, 0) is 6.42 Å². The molecule has 0 atom stereocenters. The molecule has 2 rings (SSSR count). The van der Waals surface area contributed by atoms with Gasteiger partial charge in [0, 0.05) is 12.0 Å². The first kappa shape index (κ1) is 11.8. The SMILES string of the molecule is Cc1cc(-c2cnc(CCCN)o2)ccc1F. The molecular weight excluding hydrogens is 219 g/mol. The first-order valence-corrected chi connectivity index (χ1v) is 5.62. The second-order valence-corrected chi connectivity index (χ2v) is 3.97. The normalized spacial score (nSPS) is 10.8. The Kier molecular flexibility index (Phi) is 3.54. The molecule has 90 valence electrons. The lowest BCUT2D eigenvalue weighted by Crippen LogP contribution is -2.00. The Morgan fingerprint density at radius 3 is 2.94 bits per heavy atom. The van der Waals surface area contributed by atoms with Gasteiger partial charge in [0.25, 0.3) is 0 Å². The van der Waals surface area contributed by atoms with Gasteiger partial charge in [-0.25, -0.2) is 9.37 Å². The van der Waals surface area contributed by atoms with Gasteiger partial charge < -0.3 is 10.2 Å². The number of hydrogen-bond donors (Lipinski definition) is 1. The topological polar surface area (TPSA) is 52.0 Å². The van der Waals surface area contributed by atoms with Crippen LogP contribution in [0.1, 0.15) is 17.9 Å². The summed E-state index contributed by atoms with van der Waals surface area (Å²) in [5, 5.41) is 0. The third kappa shape index (κ3) is 2.71. The summed E-state index contributed by atoms with van der Waals surface area (Å²) < 4.78 is 18.7.